The van der Waals surface area contributed by atoms with E-state index in [4.69, 9.17) is 20.9 Å². The average Bonchev–Trinajstić information content (AvgIpc) is 3.22. The number of halogens is 1. The fourth-order valence-electron chi connectivity index (χ4n) is 2.87. The number of benzene rings is 2. The van der Waals surface area contributed by atoms with Gasteiger partial charge in [-0.3, -0.25) is 4.98 Å². The van der Waals surface area contributed by atoms with Crippen LogP contribution in [0, 0.1) is 0 Å². The molecule has 27 heavy (non-hydrogen) atoms. The lowest BCUT2D eigenvalue weighted by Crippen LogP contribution is -2.06. The largest absolute Gasteiger partial charge is 0.465 e. The number of esters is 1. The molecule has 0 saturated carbocycles. The number of ether oxygens (including phenoxy) is 1. The normalized spacial score (nSPS) is 10.7. The summed E-state index contributed by atoms with van der Waals surface area (Å²) in [6, 6.07) is 12.6. The Balaban J connectivity index is 1.94. The van der Waals surface area contributed by atoms with E-state index in [-0.39, 0.29) is 0 Å². The van der Waals surface area contributed by atoms with Crippen LogP contribution >= 0.6 is 11.6 Å². The Morgan fingerprint density at radius 3 is 2.81 bits per heavy atom. The minimum absolute atomic E-state index is 0.420. The number of carbonyl (C=O) groups excluding carboxylic acids is 1. The van der Waals surface area contributed by atoms with E-state index < -0.39 is 5.97 Å². The van der Waals surface area contributed by atoms with Crippen LogP contribution in [0.5, 0.6) is 0 Å². The number of anilines is 2. The maximum absolute atomic E-state index is 12.1. The van der Waals surface area contributed by atoms with E-state index >= 15 is 0 Å². The smallest absolute Gasteiger partial charge is 0.339 e. The Morgan fingerprint density at radius 1 is 1.19 bits per heavy atom. The molecule has 0 bridgehead atoms. The van der Waals surface area contributed by atoms with Gasteiger partial charge in [-0.1, -0.05) is 28.9 Å². The first-order valence-electron chi connectivity index (χ1n) is 8.10. The molecular weight excluding hydrogens is 366 g/mol. The van der Waals surface area contributed by atoms with E-state index in [0.29, 0.717) is 16.3 Å². The van der Waals surface area contributed by atoms with Crippen molar-refractivity contribution in [3.8, 4) is 11.1 Å². The SMILES string of the molecule is COC(=O)c1ccccc1Nc1c(-c2cnoc2)cnc2ccc(Cl)cc12. The van der Waals surface area contributed by atoms with Crippen LogP contribution in [0.3, 0.4) is 0 Å². The summed E-state index contributed by atoms with van der Waals surface area (Å²) in [6.07, 6.45) is 4.86. The number of carbonyl (C=O) groups is 1. The minimum Gasteiger partial charge on any atom is -0.465 e. The Hall–Kier alpha value is -3.38. The molecule has 0 aliphatic carbocycles. The fourth-order valence-corrected chi connectivity index (χ4v) is 3.04. The summed E-state index contributed by atoms with van der Waals surface area (Å²) in [6.45, 7) is 0. The van der Waals surface area contributed by atoms with E-state index in [1.165, 1.54) is 13.4 Å². The van der Waals surface area contributed by atoms with Gasteiger partial charge in [-0.15, -0.1) is 0 Å². The van der Waals surface area contributed by atoms with Crippen LogP contribution in [0.15, 0.2) is 65.6 Å². The summed E-state index contributed by atoms with van der Waals surface area (Å²) >= 11 is 6.21. The van der Waals surface area contributed by atoms with Crippen LogP contribution in [0.4, 0.5) is 11.4 Å². The first-order valence-corrected chi connectivity index (χ1v) is 8.47. The standard InChI is InChI=1S/C20H14ClN3O3/c1-26-20(25)14-4-2-3-5-18(14)24-19-15-8-13(21)6-7-17(15)22-10-16(19)12-9-23-27-11-12/h2-11H,1H3,(H,22,24). The van der Waals surface area contributed by atoms with Gasteiger partial charge in [-0.2, -0.15) is 0 Å². The van der Waals surface area contributed by atoms with Crippen molar-refractivity contribution in [3.05, 3.63) is 71.7 Å². The first kappa shape index (κ1) is 17.1. The van der Waals surface area contributed by atoms with Crippen LogP contribution in [0.2, 0.25) is 5.02 Å². The number of hydrogen-bond acceptors (Lipinski definition) is 6. The number of para-hydroxylation sites is 1. The summed E-state index contributed by atoms with van der Waals surface area (Å²) in [7, 11) is 1.35. The van der Waals surface area contributed by atoms with Crippen molar-refractivity contribution in [2.75, 3.05) is 12.4 Å². The maximum atomic E-state index is 12.1. The highest BCUT2D eigenvalue weighted by Gasteiger charge is 2.17. The lowest BCUT2D eigenvalue weighted by Gasteiger charge is -2.16. The van der Waals surface area contributed by atoms with E-state index in [1.807, 2.05) is 18.2 Å². The molecule has 0 spiro atoms. The highest BCUT2D eigenvalue weighted by molar-refractivity contribution is 6.31. The van der Waals surface area contributed by atoms with Gasteiger partial charge in [0.05, 0.1) is 35.8 Å². The summed E-state index contributed by atoms with van der Waals surface area (Å²) in [5.74, 6) is -0.430. The van der Waals surface area contributed by atoms with Gasteiger partial charge in [0, 0.05) is 27.7 Å². The summed E-state index contributed by atoms with van der Waals surface area (Å²) < 4.78 is 9.87. The van der Waals surface area contributed by atoms with Crippen LogP contribution in [0.25, 0.3) is 22.0 Å². The molecule has 2 aromatic carbocycles. The molecule has 0 saturated heterocycles. The Bertz CT molecular complexity index is 1130. The second kappa shape index (κ2) is 7.09. The Morgan fingerprint density at radius 2 is 2.04 bits per heavy atom. The molecule has 0 amide bonds. The van der Waals surface area contributed by atoms with E-state index in [9.17, 15) is 4.79 Å². The molecule has 1 N–H and O–H groups in total. The monoisotopic (exact) mass is 379 g/mol. The maximum Gasteiger partial charge on any atom is 0.339 e. The van der Waals surface area contributed by atoms with Gasteiger partial charge in [0.1, 0.15) is 6.26 Å². The number of rotatable bonds is 4. The van der Waals surface area contributed by atoms with Gasteiger partial charge in [0.2, 0.25) is 0 Å². The van der Waals surface area contributed by atoms with Gasteiger partial charge < -0.3 is 14.6 Å². The van der Waals surface area contributed by atoms with Crippen molar-refractivity contribution < 1.29 is 14.1 Å². The van der Waals surface area contributed by atoms with Gasteiger partial charge >= 0.3 is 5.97 Å². The molecule has 2 aromatic heterocycles. The Kier molecular flexibility index (Phi) is 4.48. The van der Waals surface area contributed by atoms with Crippen molar-refractivity contribution in [1.29, 1.82) is 0 Å². The number of aromatic nitrogens is 2. The number of pyridine rings is 1. The van der Waals surface area contributed by atoms with Crippen molar-refractivity contribution >= 4 is 39.8 Å². The highest BCUT2D eigenvalue weighted by Crippen LogP contribution is 2.37. The second-order valence-corrected chi connectivity index (χ2v) is 6.22. The van der Waals surface area contributed by atoms with Crippen molar-refractivity contribution in [2.45, 2.75) is 0 Å². The van der Waals surface area contributed by atoms with E-state index in [0.717, 1.165) is 27.7 Å². The molecule has 0 atom stereocenters. The highest BCUT2D eigenvalue weighted by atomic mass is 35.5. The summed E-state index contributed by atoms with van der Waals surface area (Å²) in [5, 5.41) is 8.50. The number of nitrogens with zero attached hydrogens (tertiary/aromatic N) is 2. The number of nitrogens with one attached hydrogen (secondary N) is 1. The fraction of sp³-hybridized carbons (Fsp3) is 0.0500. The van der Waals surface area contributed by atoms with E-state index in [1.54, 1.807) is 36.7 Å². The number of methoxy groups -OCH3 is 1. The third kappa shape index (κ3) is 3.22. The predicted octanol–water partition coefficient (Wildman–Crippen LogP) is 5.07. The molecule has 4 rings (SSSR count). The van der Waals surface area contributed by atoms with E-state index in [2.05, 4.69) is 15.5 Å². The molecule has 7 heteroatoms. The average molecular weight is 380 g/mol. The first-order chi connectivity index (χ1) is 13.2. The topological polar surface area (TPSA) is 77.2 Å². The lowest BCUT2D eigenvalue weighted by molar-refractivity contribution is 0.0602. The zero-order valence-electron chi connectivity index (χ0n) is 14.3. The van der Waals surface area contributed by atoms with Crippen molar-refractivity contribution in [2.24, 2.45) is 0 Å². The molecule has 0 aliphatic rings. The third-order valence-corrected chi connectivity index (χ3v) is 4.40. The molecule has 0 fully saturated rings. The molecule has 134 valence electrons. The number of hydrogen-bond donors (Lipinski definition) is 1. The molecule has 0 unspecified atom stereocenters. The van der Waals surface area contributed by atoms with Gasteiger partial charge in [-0.25, -0.2) is 4.79 Å². The Labute approximate surface area is 159 Å². The number of fused-ring (bicyclic) bond motifs is 1. The zero-order chi connectivity index (χ0) is 18.8. The van der Waals surface area contributed by atoms with Crippen LogP contribution in [-0.4, -0.2) is 23.2 Å². The molecule has 4 aromatic rings. The third-order valence-electron chi connectivity index (χ3n) is 4.17. The lowest BCUT2D eigenvalue weighted by atomic mass is 10.0. The molecule has 6 nitrogen and oxygen atoms in total. The summed E-state index contributed by atoms with van der Waals surface area (Å²) in [4.78, 5) is 16.6. The van der Waals surface area contributed by atoms with Crippen molar-refractivity contribution in [1.82, 2.24) is 10.1 Å². The van der Waals surface area contributed by atoms with Crippen LogP contribution < -0.4 is 5.32 Å². The van der Waals surface area contributed by atoms with Gasteiger partial charge in [0.15, 0.2) is 0 Å². The molecule has 0 radical (unpaired) electrons. The molecule has 0 aliphatic heterocycles. The summed E-state index contributed by atoms with van der Waals surface area (Å²) in [5.41, 5.74) is 4.05. The quantitative estimate of drug-likeness (QED) is 0.498. The van der Waals surface area contributed by atoms with Crippen LogP contribution in [0.1, 0.15) is 10.4 Å². The second-order valence-electron chi connectivity index (χ2n) is 5.78. The van der Waals surface area contributed by atoms with Gasteiger partial charge in [-0.05, 0) is 30.3 Å². The van der Waals surface area contributed by atoms with Crippen molar-refractivity contribution in [3.63, 3.8) is 0 Å². The van der Waals surface area contributed by atoms with Crippen LogP contribution in [-0.2, 0) is 4.74 Å². The predicted molar refractivity (Wildman–Crippen MR) is 103 cm³/mol. The van der Waals surface area contributed by atoms with Gasteiger partial charge in [0.25, 0.3) is 0 Å². The zero-order valence-corrected chi connectivity index (χ0v) is 15.0. The minimum atomic E-state index is -0.430. The molecular formula is C20H14ClN3O3. The molecule has 2 heterocycles.